The number of rotatable bonds is 10. The van der Waals surface area contributed by atoms with Crippen molar-refractivity contribution in [1.29, 1.82) is 0 Å². The molecule has 0 amide bonds. The van der Waals surface area contributed by atoms with Gasteiger partial charge in [0.15, 0.2) is 12.2 Å². The second-order valence-corrected chi connectivity index (χ2v) is 11.9. The molecule has 1 heterocycles. The highest BCUT2D eigenvalue weighted by molar-refractivity contribution is 6.31. The second-order valence-electron chi connectivity index (χ2n) is 11.5. The van der Waals surface area contributed by atoms with Crippen LogP contribution in [0.2, 0.25) is 5.02 Å². The largest absolute Gasteiger partial charge is 0.493 e. The van der Waals surface area contributed by atoms with Gasteiger partial charge in [0.1, 0.15) is 30.7 Å². The number of ether oxygens (including phenoxy) is 5. The summed E-state index contributed by atoms with van der Waals surface area (Å²) >= 11 is 6.59. The molecule has 2 aromatic rings. The first kappa shape index (κ1) is 31.8. The molecular formula is C32H39ClO9. The highest BCUT2D eigenvalue weighted by Crippen LogP contribution is 2.39. The molecule has 0 spiro atoms. The van der Waals surface area contributed by atoms with Gasteiger partial charge < -0.3 is 28.8 Å². The number of carbonyl (C=O) groups excluding carboxylic acids is 3. The maximum atomic E-state index is 12.1. The lowest BCUT2D eigenvalue weighted by Gasteiger charge is -2.43. The Kier molecular flexibility index (Phi) is 10.5. The molecule has 2 fully saturated rings. The van der Waals surface area contributed by atoms with Crippen LogP contribution in [0.5, 0.6) is 5.75 Å². The molecule has 228 valence electrons. The molecule has 10 heteroatoms. The highest BCUT2D eigenvalue weighted by atomic mass is 35.5. The van der Waals surface area contributed by atoms with E-state index in [0.29, 0.717) is 23.6 Å². The van der Waals surface area contributed by atoms with Crippen molar-refractivity contribution in [2.75, 3.05) is 13.2 Å². The predicted molar refractivity (Wildman–Crippen MR) is 154 cm³/mol. The Balaban J connectivity index is 1.56. The fraction of sp³-hybridized carbons (Fsp3) is 0.531. The molecular weight excluding hydrogens is 564 g/mol. The first-order valence-electron chi connectivity index (χ1n) is 14.3. The van der Waals surface area contributed by atoms with Crippen molar-refractivity contribution in [2.24, 2.45) is 5.41 Å². The van der Waals surface area contributed by atoms with Gasteiger partial charge in [0.25, 0.3) is 0 Å². The van der Waals surface area contributed by atoms with Gasteiger partial charge in [-0.1, -0.05) is 55.6 Å². The van der Waals surface area contributed by atoms with Gasteiger partial charge in [0, 0.05) is 31.2 Å². The van der Waals surface area contributed by atoms with Crippen LogP contribution in [0.3, 0.4) is 0 Å². The zero-order valence-corrected chi connectivity index (χ0v) is 25.2. The van der Waals surface area contributed by atoms with E-state index >= 15 is 0 Å². The quantitative estimate of drug-likeness (QED) is 0.292. The number of aliphatic hydroxyl groups is 1. The van der Waals surface area contributed by atoms with Gasteiger partial charge in [-0.3, -0.25) is 14.4 Å². The summed E-state index contributed by atoms with van der Waals surface area (Å²) in [5.74, 6) is -1.06. The standard InChI is InChI=1S/C32H39ClO9/c1-19(34)38-17-27-28(37)30(40-20(2)35)31(41-21(3)36)29(42-27)23-9-12-26(33)24(16-23)15-22-7-10-25(11-8-22)39-18-32(4)13-5-6-14-32/h7-12,16,27-31,37H,5-6,13-15,17-18H2,1-4H3. The lowest BCUT2D eigenvalue weighted by atomic mass is 9.89. The lowest BCUT2D eigenvalue weighted by Crippen LogP contribution is -2.58. The van der Waals surface area contributed by atoms with Crippen LogP contribution >= 0.6 is 11.6 Å². The first-order chi connectivity index (χ1) is 19.9. The maximum absolute atomic E-state index is 12.1. The second kappa shape index (κ2) is 13.9. The molecule has 0 aromatic heterocycles. The van der Waals surface area contributed by atoms with Crippen LogP contribution in [-0.2, 0) is 39.8 Å². The molecule has 5 atom stereocenters. The normalized spacial score (nSPS) is 25.0. The average molecular weight is 603 g/mol. The summed E-state index contributed by atoms with van der Waals surface area (Å²) in [6.07, 6.45) is -0.457. The molecule has 0 radical (unpaired) electrons. The molecule has 2 aliphatic rings. The molecule has 5 unspecified atom stereocenters. The number of hydrogen-bond donors (Lipinski definition) is 1. The molecule has 42 heavy (non-hydrogen) atoms. The minimum Gasteiger partial charge on any atom is -0.493 e. The van der Waals surface area contributed by atoms with E-state index in [1.807, 2.05) is 30.3 Å². The van der Waals surface area contributed by atoms with E-state index in [4.69, 9.17) is 35.3 Å². The molecule has 2 aromatic carbocycles. The Hall–Kier alpha value is -3.14. The molecule has 0 bridgehead atoms. The Bertz CT molecular complexity index is 1260. The molecule has 9 nitrogen and oxygen atoms in total. The minimum absolute atomic E-state index is 0.236. The number of esters is 3. The Morgan fingerprint density at radius 3 is 2.21 bits per heavy atom. The molecule has 1 saturated carbocycles. The van der Waals surface area contributed by atoms with Gasteiger partial charge in [0.05, 0.1) is 6.61 Å². The molecule has 1 aliphatic heterocycles. The van der Waals surface area contributed by atoms with Gasteiger partial charge in [-0.25, -0.2) is 0 Å². The average Bonchev–Trinajstić information content (AvgIpc) is 3.37. The fourth-order valence-corrected chi connectivity index (χ4v) is 5.82. The van der Waals surface area contributed by atoms with Gasteiger partial charge >= 0.3 is 17.9 Å². The monoisotopic (exact) mass is 602 g/mol. The van der Waals surface area contributed by atoms with Gasteiger partial charge in [-0.2, -0.15) is 0 Å². The van der Waals surface area contributed by atoms with Crippen molar-refractivity contribution in [1.82, 2.24) is 0 Å². The van der Waals surface area contributed by atoms with Crippen LogP contribution in [0.25, 0.3) is 0 Å². The SMILES string of the molecule is CC(=O)OCC1OC(c2ccc(Cl)c(Cc3ccc(OCC4(C)CCCC4)cc3)c2)C(OC(C)=O)C(OC(C)=O)C1O. The van der Waals surface area contributed by atoms with Crippen LogP contribution in [-0.4, -0.2) is 60.6 Å². The van der Waals surface area contributed by atoms with E-state index < -0.39 is 48.4 Å². The van der Waals surface area contributed by atoms with Crippen molar-refractivity contribution in [3.8, 4) is 5.75 Å². The van der Waals surface area contributed by atoms with E-state index in [-0.39, 0.29) is 12.0 Å². The van der Waals surface area contributed by atoms with Crippen LogP contribution in [0.1, 0.15) is 76.2 Å². The summed E-state index contributed by atoms with van der Waals surface area (Å²) < 4.78 is 28.2. The third kappa shape index (κ3) is 8.24. The molecule has 1 N–H and O–H groups in total. The third-order valence-corrected chi connectivity index (χ3v) is 8.20. The zero-order valence-electron chi connectivity index (χ0n) is 24.5. The summed E-state index contributed by atoms with van der Waals surface area (Å²) in [5.41, 5.74) is 2.62. The lowest BCUT2D eigenvalue weighted by molar-refractivity contribution is -0.249. The Morgan fingerprint density at radius 1 is 0.952 bits per heavy atom. The van der Waals surface area contributed by atoms with Gasteiger partial charge in [0.2, 0.25) is 0 Å². The third-order valence-electron chi connectivity index (χ3n) is 7.83. The van der Waals surface area contributed by atoms with E-state index in [2.05, 4.69) is 6.92 Å². The van der Waals surface area contributed by atoms with Crippen LogP contribution in [0.15, 0.2) is 42.5 Å². The first-order valence-corrected chi connectivity index (χ1v) is 14.6. The van der Waals surface area contributed by atoms with E-state index in [1.165, 1.54) is 46.5 Å². The van der Waals surface area contributed by atoms with Crippen LogP contribution in [0.4, 0.5) is 0 Å². The van der Waals surface area contributed by atoms with Gasteiger partial charge in [-0.05, 0) is 54.2 Å². The fourth-order valence-electron chi connectivity index (χ4n) is 5.64. The molecule has 1 aliphatic carbocycles. The number of aliphatic hydroxyl groups excluding tert-OH is 1. The molecule has 1 saturated heterocycles. The van der Waals surface area contributed by atoms with Crippen molar-refractivity contribution in [2.45, 2.75) is 90.3 Å². The zero-order chi connectivity index (χ0) is 30.4. The number of benzene rings is 2. The number of carbonyl (C=O) groups is 3. The van der Waals surface area contributed by atoms with Crippen molar-refractivity contribution in [3.05, 3.63) is 64.2 Å². The van der Waals surface area contributed by atoms with Crippen LogP contribution < -0.4 is 4.74 Å². The van der Waals surface area contributed by atoms with Gasteiger partial charge in [-0.15, -0.1) is 0 Å². The van der Waals surface area contributed by atoms with E-state index in [1.54, 1.807) is 12.1 Å². The van der Waals surface area contributed by atoms with E-state index in [9.17, 15) is 19.5 Å². The summed E-state index contributed by atoms with van der Waals surface area (Å²) in [7, 11) is 0. The van der Waals surface area contributed by atoms with Crippen molar-refractivity contribution < 1.29 is 43.2 Å². The summed E-state index contributed by atoms with van der Waals surface area (Å²) in [5, 5.41) is 11.5. The number of halogens is 1. The molecule has 4 rings (SSSR count). The highest BCUT2D eigenvalue weighted by Gasteiger charge is 2.50. The Morgan fingerprint density at radius 2 is 1.60 bits per heavy atom. The Labute approximate surface area is 251 Å². The van der Waals surface area contributed by atoms with Crippen LogP contribution in [0, 0.1) is 5.41 Å². The van der Waals surface area contributed by atoms with E-state index in [0.717, 1.165) is 16.9 Å². The topological polar surface area (TPSA) is 118 Å². The number of hydrogen-bond acceptors (Lipinski definition) is 9. The summed E-state index contributed by atoms with van der Waals surface area (Å²) in [4.78, 5) is 35.4. The van der Waals surface area contributed by atoms with Crippen molar-refractivity contribution >= 4 is 29.5 Å². The smallest absolute Gasteiger partial charge is 0.303 e. The summed E-state index contributed by atoms with van der Waals surface area (Å²) in [6.45, 7) is 6.33. The predicted octanol–water partition coefficient (Wildman–Crippen LogP) is 5.12. The minimum atomic E-state index is -1.42. The summed E-state index contributed by atoms with van der Waals surface area (Å²) in [6, 6.07) is 13.2. The maximum Gasteiger partial charge on any atom is 0.303 e. The van der Waals surface area contributed by atoms with Crippen molar-refractivity contribution in [3.63, 3.8) is 0 Å².